The zero-order valence-corrected chi connectivity index (χ0v) is 22.3. The topological polar surface area (TPSA) is 60.9 Å². The highest BCUT2D eigenvalue weighted by Crippen LogP contribution is 2.26. The zero-order valence-electron chi connectivity index (χ0n) is 22.3. The van der Waals surface area contributed by atoms with Crippen LogP contribution in [0.1, 0.15) is 28.4 Å². The summed E-state index contributed by atoms with van der Waals surface area (Å²) in [6.07, 6.45) is 1.55. The van der Waals surface area contributed by atoms with Crippen LogP contribution in [0.3, 0.4) is 0 Å². The molecule has 5 rings (SSSR count). The summed E-state index contributed by atoms with van der Waals surface area (Å²) in [4.78, 5) is 19.3. The number of carbonyl (C=O) groups excluding carboxylic acids is 1. The SMILES string of the molecule is CCN(Cc1ccc(OCc2ccccc2)cc1)C(=O)c1ccc(Oc2ccc(Oc3ccccc3)cc2)nc1. The molecule has 0 unspecified atom stereocenters. The Balaban J connectivity index is 1.14. The van der Waals surface area contributed by atoms with E-state index in [0.29, 0.717) is 42.6 Å². The highest BCUT2D eigenvalue weighted by atomic mass is 16.5. The van der Waals surface area contributed by atoms with Crippen LogP contribution in [0.2, 0.25) is 0 Å². The number of aromatic nitrogens is 1. The summed E-state index contributed by atoms with van der Waals surface area (Å²) in [5.41, 5.74) is 2.64. The van der Waals surface area contributed by atoms with E-state index in [-0.39, 0.29) is 5.91 Å². The predicted molar refractivity (Wildman–Crippen MR) is 155 cm³/mol. The number of benzene rings is 4. The van der Waals surface area contributed by atoms with Gasteiger partial charge in [0.25, 0.3) is 5.91 Å². The average Bonchev–Trinajstić information content (AvgIpc) is 3.01. The molecule has 200 valence electrons. The maximum Gasteiger partial charge on any atom is 0.255 e. The minimum absolute atomic E-state index is 0.0895. The smallest absolute Gasteiger partial charge is 0.255 e. The van der Waals surface area contributed by atoms with E-state index >= 15 is 0 Å². The average molecular weight is 531 g/mol. The summed E-state index contributed by atoms with van der Waals surface area (Å²) in [7, 11) is 0. The highest BCUT2D eigenvalue weighted by molar-refractivity contribution is 5.93. The number of hydrogen-bond donors (Lipinski definition) is 0. The summed E-state index contributed by atoms with van der Waals surface area (Å²) in [5.74, 6) is 3.21. The van der Waals surface area contributed by atoms with Gasteiger partial charge in [0.15, 0.2) is 0 Å². The Morgan fingerprint density at radius 3 is 1.88 bits per heavy atom. The molecule has 40 heavy (non-hydrogen) atoms. The van der Waals surface area contributed by atoms with Crippen LogP contribution in [0.15, 0.2) is 128 Å². The largest absolute Gasteiger partial charge is 0.489 e. The number of para-hydroxylation sites is 1. The summed E-state index contributed by atoms with van der Waals surface area (Å²) in [5, 5.41) is 0. The number of nitrogens with zero attached hydrogens (tertiary/aromatic N) is 2. The minimum Gasteiger partial charge on any atom is -0.489 e. The Bertz CT molecular complexity index is 1490. The molecule has 0 saturated carbocycles. The Labute approximate surface area is 234 Å². The predicted octanol–water partition coefficient (Wildman–Crippen LogP) is 7.91. The Hall–Kier alpha value is -5.10. The van der Waals surface area contributed by atoms with E-state index in [1.165, 1.54) is 0 Å². The van der Waals surface area contributed by atoms with Crippen molar-refractivity contribution < 1.29 is 19.0 Å². The van der Waals surface area contributed by atoms with E-state index in [2.05, 4.69) is 4.98 Å². The standard InChI is InChI=1S/C34H30N2O4/c1-2-36(24-26-13-16-29(17-14-26)38-25-27-9-5-3-6-10-27)34(37)28-15-22-33(35-23-28)40-32-20-18-31(19-21-32)39-30-11-7-4-8-12-30/h3-23H,2,24-25H2,1H3. The van der Waals surface area contributed by atoms with E-state index in [1.807, 2.05) is 116 Å². The summed E-state index contributed by atoms with van der Waals surface area (Å²) >= 11 is 0. The molecule has 1 amide bonds. The van der Waals surface area contributed by atoms with Crippen molar-refractivity contribution >= 4 is 5.91 Å². The Morgan fingerprint density at radius 1 is 0.650 bits per heavy atom. The molecule has 1 heterocycles. The fraction of sp³-hybridized carbons (Fsp3) is 0.118. The van der Waals surface area contributed by atoms with E-state index in [1.54, 1.807) is 23.2 Å². The molecule has 0 aliphatic rings. The first-order valence-electron chi connectivity index (χ1n) is 13.2. The summed E-state index contributed by atoms with van der Waals surface area (Å²) in [6.45, 7) is 3.54. The van der Waals surface area contributed by atoms with Gasteiger partial charge in [-0.1, -0.05) is 60.7 Å². The number of pyridine rings is 1. The van der Waals surface area contributed by atoms with Crippen molar-refractivity contribution in [3.05, 3.63) is 144 Å². The lowest BCUT2D eigenvalue weighted by Gasteiger charge is -2.21. The lowest BCUT2D eigenvalue weighted by atomic mass is 10.1. The van der Waals surface area contributed by atoms with Crippen molar-refractivity contribution in [2.24, 2.45) is 0 Å². The fourth-order valence-corrected chi connectivity index (χ4v) is 4.05. The van der Waals surface area contributed by atoms with Crippen molar-refractivity contribution in [1.29, 1.82) is 0 Å². The molecule has 0 atom stereocenters. The fourth-order valence-electron chi connectivity index (χ4n) is 4.05. The van der Waals surface area contributed by atoms with Gasteiger partial charge in [0, 0.05) is 25.4 Å². The number of ether oxygens (including phenoxy) is 3. The van der Waals surface area contributed by atoms with Crippen LogP contribution in [-0.2, 0) is 13.2 Å². The molecule has 0 N–H and O–H groups in total. The van der Waals surface area contributed by atoms with Crippen LogP contribution < -0.4 is 14.2 Å². The van der Waals surface area contributed by atoms with Crippen LogP contribution in [0.25, 0.3) is 0 Å². The molecular formula is C34H30N2O4. The van der Waals surface area contributed by atoms with Gasteiger partial charge in [-0.25, -0.2) is 4.98 Å². The Morgan fingerprint density at radius 2 is 1.25 bits per heavy atom. The first-order valence-corrected chi connectivity index (χ1v) is 13.2. The third kappa shape index (κ3) is 7.26. The van der Waals surface area contributed by atoms with Crippen molar-refractivity contribution in [2.75, 3.05) is 6.54 Å². The molecule has 0 saturated heterocycles. The molecule has 5 aromatic rings. The van der Waals surface area contributed by atoms with Crippen LogP contribution in [0, 0.1) is 0 Å². The molecule has 1 aromatic heterocycles. The van der Waals surface area contributed by atoms with E-state index in [0.717, 1.165) is 22.6 Å². The van der Waals surface area contributed by atoms with Crippen LogP contribution >= 0.6 is 0 Å². The van der Waals surface area contributed by atoms with Crippen molar-refractivity contribution in [3.63, 3.8) is 0 Å². The first kappa shape index (κ1) is 26.5. The molecule has 0 aliphatic heterocycles. The molecule has 0 fully saturated rings. The van der Waals surface area contributed by atoms with Crippen molar-refractivity contribution in [2.45, 2.75) is 20.1 Å². The second kappa shape index (κ2) is 13.1. The molecule has 0 aliphatic carbocycles. The zero-order chi connectivity index (χ0) is 27.6. The maximum atomic E-state index is 13.2. The molecular weight excluding hydrogens is 500 g/mol. The molecule has 6 nitrogen and oxygen atoms in total. The monoisotopic (exact) mass is 530 g/mol. The van der Waals surface area contributed by atoms with Crippen molar-refractivity contribution in [3.8, 4) is 28.9 Å². The van der Waals surface area contributed by atoms with E-state index in [4.69, 9.17) is 14.2 Å². The second-order valence-corrected chi connectivity index (χ2v) is 9.11. The summed E-state index contributed by atoms with van der Waals surface area (Å²) < 4.78 is 17.5. The number of amides is 1. The molecule has 4 aromatic carbocycles. The van der Waals surface area contributed by atoms with Gasteiger partial charge in [-0.15, -0.1) is 0 Å². The number of carbonyl (C=O) groups is 1. The van der Waals surface area contributed by atoms with E-state index in [9.17, 15) is 4.79 Å². The van der Waals surface area contributed by atoms with Crippen LogP contribution in [0.4, 0.5) is 0 Å². The lowest BCUT2D eigenvalue weighted by Crippen LogP contribution is -2.30. The van der Waals surface area contributed by atoms with Gasteiger partial charge >= 0.3 is 0 Å². The van der Waals surface area contributed by atoms with Gasteiger partial charge in [-0.2, -0.15) is 0 Å². The van der Waals surface area contributed by atoms with Crippen LogP contribution in [-0.4, -0.2) is 22.3 Å². The van der Waals surface area contributed by atoms with Gasteiger partial charge in [0.1, 0.15) is 29.6 Å². The van der Waals surface area contributed by atoms with Crippen LogP contribution in [0.5, 0.6) is 28.9 Å². The molecule has 0 radical (unpaired) electrons. The molecule has 0 spiro atoms. The lowest BCUT2D eigenvalue weighted by molar-refractivity contribution is 0.0752. The van der Waals surface area contributed by atoms with Gasteiger partial charge in [0.2, 0.25) is 5.88 Å². The van der Waals surface area contributed by atoms with E-state index < -0.39 is 0 Å². The first-order chi connectivity index (χ1) is 19.7. The second-order valence-electron chi connectivity index (χ2n) is 9.11. The summed E-state index contributed by atoms with van der Waals surface area (Å²) in [6, 6.07) is 38.2. The number of hydrogen-bond acceptors (Lipinski definition) is 5. The Kier molecular flexibility index (Phi) is 8.69. The molecule has 6 heteroatoms. The minimum atomic E-state index is -0.0895. The maximum absolute atomic E-state index is 13.2. The van der Waals surface area contributed by atoms with Crippen molar-refractivity contribution in [1.82, 2.24) is 9.88 Å². The van der Waals surface area contributed by atoms with Gasteiger partial charge in [0.05, 0.1) is 5.56 Å². The van der Waals surface area contributed by atoms with Gasteiger partial charge in [-0.3, -0.25) is 4.79 Å². The van der Waals surface area contributed by atoms with Gasteiger partial charge < -0.3 is 19.1 Å². The van der Waals surface area contributed by atoms with Gasteiger partial charge in [-0.05, 0) is 72.6 Å². The highest BCUT2D eigenvalue weighted by Gasteiger charge is 2.15. The normalized spacial score (nSPS) is 10.5. The molecule has 0 bridgehead atoms. The third-order valence-corrected chi connectivity index (χ3v) is 6.22. The third-order valence-electron chi connectivity index (χ3n) is 6.22. The number of rotatable bonds is 11. The quantitative estimate of drug-likeness (QED) is 0.174.